The fourth-order valence-corrected chi connectivity index (χ4v) is 4.00. The molecule has 2 rings (SSSR count). The zero-order valence-electron chi connectivity index (χ0n) is 9.64. The molecule has 94 valence electrons. The van der Waals surface area contributed by atoms with E-state index < -0.39 is 0 Å². The van der Waals surface area contributed by atoms with Crippen molar-refractivity contribution >= 4 is 29.0 Å². The number of carbonyl (C=O) groups is 1. The van der Waals surface area contributed by atoms with Gasteiger partial charge in [-0.3, -0.25) is 10.2 Å². The third-order valence-corrected chi connectivity index (χ3v) is 5.55. The Morgan fingerprint density at radius 2 is 2.53 bits per heavy atom. The predicted octanol–water partition coefficient (Wildman–Crippen LogP) is 1.76. The third-order valence-electron chi connectivity index (χ3n) is 2.76. The van der Waals surface area contributed by atoms with Crippen molar-refractivity contribution < 1.29 is 9.53 Å². The minimum absolute atomic E-state index is 0.219. The molecule has 2 heterocycles. The molecular weight excluding hydrogens is 256 g/mol. The van der Waals surface area contributed by atoms with Gasteiger partial charge in [-0.05, 0) is 25.5 Å². The van der Waals surface area contributed by atoms with Crippen LogP contribution in [0.15, 0.2) is 12.1 Å². The first kappa shape index (κ1) is 12.9. The molecule has 1 aromatic heterocycles. The van der Waals surface area contributed by atoms with Crippen LogP contribution in [-0.2, 0) is 10.5 Å². The number of rotatable bonds is 4. The average molecular weight is 272 g/mol. The average Bonchev–Trinajstić information content (AvgIpc) is 2.94. The lowest BCUT2D eigenvalue weighted by atomic mass is 10.3. The molecule has 0 spiro atoms. The number of thioether (sulfide) groups is 1. The van der Waals surface area contributed by atoms with Crippen LogP contribution < -0.4 is 11.3 Å². The van der Waals surface area contributed by atoms with Gasteiger partial charge in [-0.15, -0.1) is 11.3 Å². The van der Waals surface area contributed by atoms with E-state index in [2.05, 4.69) is 12.3 Å². The van der Waals surface area contributed by atoms with Crippen molar-refractivity contribution in [2.75, 3.05) is 6.61 Å². The third kappa shape index (κ3) is 3.22. The van der Waals surface area contributed by atoms with Crippen molar-refractivity contribution in [3.63, 3.8) is 0 Å². The molecule has 0 aliphatic carbocycles. The number of nitrogens with two attached hydrogens (primary N) is 1. The summed E-state index contributed by atoms with van der Waals surface area (Å²) in [5, 5.41) is 0.573. The van der Waals surface area contributed by atoms with Crippen molar-refractivity contribution in [2.45, 2.75) is 30.5 Å². The van der Waals surface area contributed by atoms with Crippen LogP contribution in [-0.4, -0.2) is 23.9 Å². The van der Waals surface area contributed by atoms with Gasteiger partial charge in [-0.2, -0.15) is 11.8 Å². The number of amides is 1. The molecule has 2 unspecified atom stereocenters. The number of nitrogen functional groups attached to an aromatic ring is 1. The second kappa shape index (κ2) is 5.86. The number of hydrogen-bond acceptors (Lipinski definition) is 5. The van der Waals surface area contributed by atoms with E-state index in [4.69, 9.17) is 10.6 Å². The molecule has 1 saturated heterocycles. The molecule has 17 heavy (non-hydrogen) atoms. The van der Waals surface area contributed by atoms with Crippen molar-refractivity contribution in [2.24, 2.45) is 5.84 Å². The summed E-state index contributed by atoms with van der Waals surface area (Å²) in [5.41, 5.74) is 2.14. The first-order valence-corrected chi connectivity index (χ1v) is 7.40. The Morgan fingerprint density at radius 1 is 1.71 bits per heavy atom. The summed E-state index contributed by atoms with van der Waals surface area (Å²) in [6.45, 7) is 2.98. The molecular formula is C11H16N2O2S2. The molecule has 1 aliphatic heterocycles. The van der Waals surface area contributed by atoms with E-state index in [9.17, 15) is 4.79 Å². The smallest absolute Gasteiger partial charge is 0.275 e. The number of thiophene rings is 1. The Morgan fingerprint density at radius 3 is 3.18 bits per heavy atom. The fourth-order valence-electron chi connectivity index (χ4n) is 1.77. The summed E-state index contributed by atoms with van der Waals surface area (Å²) < 4.78 is 5.52. The molecule has 4 nitrogen and oxygen atoms in total. The first-order valence-electron chi connectivity index (χ1n) is 5.53. The number of hydrogen-bond donors (Lipinski definition) is 2. The van der Waals surface area contributed by atoms with Crippen LogP contribution >= 0.6 is 23.1 Å². The van der Waals surface area contributed by atoms with Gasteiger partial charge < -0.3 is 4.74 Å². The maximum absolute atomic E-state index is 11.3. The summed E-state index contributed by atoms with van der Waals surface area (Å²) in [6.07, 6.45) is 1.46. The van der Waals surface area contributed by atoms with Crippen LogP contribution in [0.1, 0.15) is 27.9 Å². The Hall–Kier alpha value is -0.560. The summed E-state index contributed by atoms with van der Waals surface area (Å²) in [6, 6.07) is 3.81. The Balaban J connectivity index is 1.86. The van der Waals surface area contributed by atoms with Crippen LogP contribution in [0.2, 0.25) is 0 Å². The SMILES string of the molecule is CC1OCCC1SCc1ccc(C(=O)NN)s1. The van der Waals surface area contributed by atoms with Gasteiger partial charge in [0.25, 0.3) is 5.91 Å². The Labute approximate surface area is 109 Å². The lowest BCUT2D eigenvalue weighted by Gasteiger charge is -2.12. The standard InChI is InChI=1S/C11H16N2O2S2/c1-7-9(4-5-15-7)16-6-8-2-3-10(17-8)11(14)13-12/h2-3,7,9H,4-6,12H2,1H3,(H,13,14). The Bertz CT molecular complexity index is 395. The van der Waals surface area contributed by atoms with Gasteiger partial charge in [-0.1, -0.05) is 0 Å². The van der Waals surface area contributed by atoms with Gasteiger partial charge in [-0.25, -0.2) is 5.84 Å². The second-order valence-electron chi connectivity index (χ2n) is 3.95. The van der Waals surface area contributed by atoms with E-state index in [1.54, 1.807) is 0 Å². The predicted molar refractivity (Wildman–Crippen MR) is 71.1 cm³/mol. The fraction of sp³-hybridized carbons (Fsp3) is 0.545. The van der Waals surface area contributed by atoms with Crippen molar-refractivity contribution in [1.29, 1.82) is 0 Å². The highest BCUT2D eigenvalue weighted by Gasteiger charge is 2.24. The molecule has 3 N–H and O–H groups in total. The van der Waals surface area contributed by atoms with Gasteiger partial charge in [0.2, 0.25) is 0 Å². The van der Waals surface area contributed by atoms with Crippen molar-refractivity contribution in [3.8, 4) is 0 Å². The van der Waals surface area contributed by atoms with Crippen LogP contribution in [0.5, 0.6) is 0 Å². The number of ether oxygens (including phenoxy) is 1. The van der Waals surface area contributed by atoms with E-state index in [1.165, 1.54) is 16.2 Å². The van der Waals surface area contributed by atoms with E-state index in [0.717, 1.165) is 18.8 Å². The molecule has 2 atom stereocenters. The first-order chi connectivity index (χ1) is 8.20. The molecule has 1 fully saturated rings. The highest BCUT2D eigenvalue weighted by molar-refractivity contribution is 7.99. The summed E-state index contributed by atoms with van der Waals surface area (Å²) in [4.78, 5) is 13.2. The van der Waals surface area contributed by atoms with Gasteiger partial charge in [0.05, 0.1) is 11.0 Å². The highest BCUT2D eigenvalue weighted by Crippen LogP contribution is 2.31. The number of hydrazine groups is 1. The normalized spacial score (nSPS) is 23.9. The van der Waals surface area contributed by atoms with Gasteiger partial charge in [0.1, 0.15) is 0 Å². The van der Waals surface area contributed by atoms with Crippen molar-refractivity contribution in [3.05, 3.63) is 21.9 Å². The van der Waals surface area contributed by atoms with Crippen LogP contribution in [0.3, 0.4) is 0 Å². The monoisotopic (exact) mass is 272 g/mol. The number of carbonyl (C=O) groups excluding carboxylic acids is 1. The van der Waals surface area contributed by atoms with Crippen LogP contribution in [0.25, 0.3) is 0 Å². The van der Waals surface area contributed by atoms with Gasteiger partial charge >= 0.3 is 0 Å². The summed E-state index contributed by atoms with van der Waals surface area (Å²) >= 11 is 3.40. The maximum atomic E-state index is 11.3. The highest BCUT2D eigenvalue weighted by atomic mass is 32.2. The largest absolute Gasteiger partial charge is 0.377 e. The number of nitrogens with one attached hydrogen (secondary N) is 1. The van der Waals surface area contributed by atoms with Crippen molar-refractivity contribution in [1.82, 2.24) is 5.43 Å². The lowest BCUT2D eigenvalue weighted by Crippen LogP contribution is -2.29. The zero-order chi connectivity index (χ0) is 12.3. The summed E-state index contributed by atoms with van der Waals surface area (Å²) in [5.74, 6) is 5.80. The van der Waals surface area contributed by atoms with E-state index in [1.807, 2.05) is 23.9 Å². The van der Waals surface area contributed by atoms with E-state index in [0.29, 0.717) is 16.2 Å². The molecule has 0 aromatic carbocycles. The van der Waals surface area contributed by atoms with Gasteiger partial charge in [0, 0.05) is 22.5 Å². The summed E-state index contributed by atoms with van der Waals surface area (Å²) in [7, 11) is 0. The van der Waals surface area contributed by atoms with Gasteiger partial charge in [0.15, 0.2) is 0 Å². The molecule has 1 aromatic rings. The molecule has 0 radical (unpaired) electrons. The quantitative estimate of drug-likeness (QED) is 0.498. The molecule has 0 saturated carbocycles. The minimum atomic E-state index is -0.219. The lowest BCUT2D eigenvalue weighted by molar-refractivity contribution is 0.0957. The molecule has 1 aliphatic rings. The topological polar surface area (TPSA) is 64.3 Å². The molecule has 1 amide bonds. The maximum Gasteiger partial charge on any atom is 0.275 e. The Kier molecular flexibility index (Phi) is 4.44. The van der Waals surface area contributed by atoms with Crippen LogP contribution in [0.4, 0.5) is 0 Å². The second-order valence-corrected chi connectivity index (χ2v) is 6.35. The molecule has 0 bridgehead atoms. The van der Waals surface area contributed by atoms with E-state index >= 15 is 0 Å². The minimum Gasteiger partial charge on any atom is -0.377 e. The molecule has 6 heteroatoms. The zero-order valence-corrected chi connectivity index (χ0v) is 11.3. The van der Waals surface area contributed by atoms with Crippen LogP contribution in [0, 0.1) is 0 Å². The van der Waals surface area contributed by atoms with E-state index in [-0.39, 0.29) is 5.91 Å².